The zero-order valence-electron chi connectivity index (χ0n) is 14.2. The number of halogens is 2. The standard InChI is InChI=1S/C17H23F2N3O3/c1-2-25-17(24)22-9-6-14(7-10-22)21-16(23)20-8-5-12-3-4-13(18)11-15(12)19/h3-4,11,14H,2,5-10H2,1H3,(H2,20,21,23). The van der Waals surface area contributed by atoms with Crippen molar-refractivity contribution in [3.05, 3.63) is 35.4 Å². The molecule has 2 rings (SSSR count). The fourth-order valence-corrected chi connectivity index (χ4v) is 2.69. The minimum atomic E-state index is -0.624. The van der Waals surface area contributed by atoms with Gasteiger partial charge in [0, 0.05) is 31.7 Å². The van der Waals surface area contributed by atoms with Crippen LogP contribution < -0.4 is 10.6 Å². The number of hydrogen-bond donors (Lipinski definition) is 2. The summed E-state index contributed by atoms with van der Waals surface area (Å²) in [6, 6.07) is 3.03. The van der Waals surface area contributed by atoms with Crippen LogP contribution in [0.4, 0.5) is 18.4 Å². The van der Waals surface area contributed by atoms with Crippen molar-refractivity contribution in [2.75, 3.05) is 26.2 Å². The summed E-state index contributed by atoms with van der Waals surface area (Å²) in [5, 5.41) is 5.50. The Morgan fingerprint density at radius 2 is 2.00 bits per heavy atom. The second-order valence-electron chi connectivity index (χ2n) is 5.85. The molecule has 0 unspecified atom stereocenters. The van der Waals surface area contributed by atoms with Crippen molar-refractivity contribution in [2.24, 2.45) is 0 Å². The lowest BCUT2D eigenvalue weighted by atomic mass is 10.1. The first kappa shape index (κ1) is 19.0. The molecule has 1 aliphatic rings. The van der Waals surface area contributed by atoms with Gasteiger partial charge in [0.15, 0.2) is 0 Å². The van der Waals surface area contributed by atoms with Gasteiger partial charge in [-0.2, -0.15) is 0 Å². The van der Waals surface area contributed by atoms with Crippen LogP contribution in [0.5, 0.6) is 0 Å². The highest BCUT2D eigenvalue weighted by Gasteiger charge is 2.24. The van der Waals surface area contributed by atoms with Crippen molar-refractivity contribution in [1.82, 2.24) is 15.5 Å². The number of nitrogens with one attached hydrogen (secondary N) is 2. The van der Waals surface area contributed by atoms with Crippen molar-refractivity contribution in [1.29, 1.82) is 0 Å². The summed E-state index contributed by atoms with van der Waals surface area (Å²) in [5.41, 5.74) is 0.351. The Morgan fingerprint density at radius 1 is 1.28 bits per heavy atom. The summed E-state index contributed by atoms with van der Waals surface area (Å²) in [4.78, 5) is 25.1. The predicted molar refractivity (Wildman–Crippen MR) is 88.2 cm³/mol. The third-order valence-corrected chi connectivity index (χ3v) is 4.05. The molecule has 1 heterocycles. The lowest BCUT2D eigenvalue weighted by Gasteiger charge is -2.31. The van der Waals surface area contributed by atoms with Gasteiger partial charge in [0.1, 0.15) is 11.6 Å². The number of likely N-dealkylation sites (tertiary alicyclic amines) is 1. The molecule has 138 valence electrons. The fourth-order valence-electron chi connectivity index (χ4n) is 2.69. The number of ether oxygens (including phenoxy) is 1. The molecule has 1 aromatic rings. The number of amides is 3. The number of rotatable bonds is 5. The van der Waals surface area contributed by atoms with Gasteiger partial charge in [-0.3, -0.25) is 0 Å². The average molecular weight is 355 g/mol. The Morgan fingerprint density at radius 3 is 2.64 bits per heavy atom. The molecule has 2 N–H and O–H groups in total. The van der Waals surface area contributed by atoms with E-state index in [2.05, 4.69) is 10.6 Å². The van der Waals surface area contributed by atoms with E-state index >= 15 is 0 Å². The van der Waals surface area contributed by atoms with Gasteiger partial charge >= 0.3 is 12.1 Å². The second-order valence-corrected chi connectivity index (χ2v) is 5.85. The van der Waals surface area contributed by atoms with Crippen molar-refractivity contribution < 1.29 is 23.1 Å². The SMILES string of the molecule is CCOC(=O)N1CCC(NC(=O)NCCc2ccc(F)cc2F)CC1. The Hall–Kier alpha value is -2.38. The summed E-state index contributed by atoms with van der Waals surface area (Å²) >= 11 is 0. The van der Waals surface area contributed by atoms with E-state index in [1.165, 1.54) is 12.1 Å². The molecule has 8 heteroatoms. The molecule has 3 amide bonds. The van der Waals surface area contributed by atoms with Crippen LogP contribution in [0.2, 0.25) is 0 Å². The van der Waals surface area contributed by atoms with Crippen molar-refractivity contribution in [3.8, 4) is 0 Å². The second kappa shape index (κ2) is 9.19. The van der Waals surface area contributed by atoms with E-state index < -0.39 is 11.6 Å². The molecule has 0 saturated carbocycles. The van der Waals surface area contributed by atoms with Gasteiger partial charge in [0.05, 0.1) is 6.61 Å². The maximum atomic E-state index is 13.5. The van der Waals surface area contributed by atoms with Crippen molar-refractivity contribution in [2.45, 2.75) is 32.2 Å². The first-order valence-electron chi connectivity index (χ1n) is 8.39. The van der Waals surface area contributed by atoms with Crippen molar-refractivity contribution in [3.63, 3.8) is 0 Å². The summed E-state index contributed by atoms with van der Waals surface area (Å²) < 4.78 is 31.3. The normalized spacial score (nSPS) is 14.9. The first-order valence-corrected chi connectivity index (χ1v) is 8.39. The van der Waals surface area contributed by atoms with Gasteiger partial charge in [-0.1, -0.05) is 6.07 Å². The molecule has 0 aliphatic carbocycles. The quantitative estimate of drug-likeness (QED) is 0.852. The van der Waals surface area contributed by atoms with E-state index in [9.17, 15) is 18.4 Å². The van der Waals surface area contributed by atoms with E-state index in [4.69, 9.17) is 4.74 Å². The van der Waals surface area contributed by atoms with Gasteiger partial charge < -0.3 is 20.3 Å². The lowest BCUT2D eigenvalue weighted by Crippen LogP contribution is -2.49. The highest BCUT2D eigenvalue weighted by molar-refractivity contribution is 5.74. The minimum Gasteiger partial charge on any atom is -0.450 e. The fraction of sp³-hybridized carbons (Fsp3) is 0.529. The number of benzene rings is 1. The third-order valence-electron chi connectivity index (χ3n) is 4.05. The molecular formula is C17H23F2N3O3. The molecular weight excluding hydrogens is 332 g/mol. The first-order chi connectivity index (χ1) is 12.0. The van der Waals surface area contributed by atoms with Crippen LogP contribution in [-0.4, -0.2) is 49.3 Å². The number of piperidine rings is 1. The smallest absolute Gasteiger partial charge is 0.409 e. The maximum Gasteiger partial charge on any atom is 0.409 e. The van der Waals surface area contributed by atoms with E-state index in [-0.39, 0.29) is 31.1 Å². The van der Waals surface area contributed by atoms with Crippen LogP contribution in [0.1, 0.15) is 25.3 Å². The summed E-state index contributed by atoms with van der Waals surface area (Å²) in [7, 11) is 0. The lowest BCUT2D eigenvalue weighted by molar-refractivity contribution is 0.0957. The molecule has 1 fully saturated rings. The zero-order chi connectivity index (χ0) is 18.2. The molecule has 1 aromatic carbocycles. The molecule has 0 radical (unpaired) electrons. The highest BCUT2D eigenvalue weighted by atomic mass is 19.1. The molecule has 6 nitrogen and oxygen atoms in total. The number of carbonyl (C=O) groups excluding carboxylic acids is 2. The Balaban J connectivity index is 1.67. The largest absolute Gasteiger partial charge is 0.450 e. The Labute approximate surface area is 145 Å². The van der Waals surface area contributed by atoms with E-state index in [1.54, 1.807) is 11.8 Å². The minimum absolute atomic E-state index is 0.0202. The third kappa shape index (κ3) is 5.88. The Bertz CT molecular complexity index is 605. The molecule has 0 atom stereocenters. The monoisotopic (exact) mass is 355 g/mol. The van der Waals surface area contributed by atoms with Gasteiger partial charge in [0.2, 0.25) is 0 Å². The number of hydrogen-bond acceptors (Lipinski definition) is 3. The van der Waals surface area contributed by atoms with E-state index in [1.807, 2.05) is 0 Å². The van der Waals surface area contributed by atoms with Crippen LogP contribution in [0, 0.1) is 11.6 Å². The molecule has 0 bridgehead atoms. The van der Waals surface area contributed by atoms with E-state index in [0.717, 1.165) is 6.07 Å². The zero-order valence-corrected chi connectivity index (χ0v) is 14.2. The van der Waals surface area contributed by atoms with Gasteiger partial charge in [0.25, 0.3) is 0 Å². The molecule has 1 aliphatic heterocycles. The van der Waals surface area contributed by atoms with Gasteiger partial charge in [-0.05, 0) is 37.8 Å². The van der Waals surface area contributed by atoms with Crippen molar-refractivity contribution >= 4 is 12.1 Å². The van der Waals surface area contributed by atoms with Crippen LogP contribution in [0.3, 0.4) is 0 Å². The topological polar surface area (TPSA) is 70.7 Å². The van der Waals surface area contributed by atoms with E-state index in [0.29, 0.717) is 38.1 Å². The van der Waals surface area contributed by atoms with Crippen LogP contribution in [0.15, 0.2) is 18.2 Å². The molecule has 0 spiro atoms. The average Bonchev–Trinajstić information content (AvgIpc) is 2.57. The summed E-state index contributed by atoms with van der Waals surface area (Å²) in [6.45, 7) is 3.41. The summed E-state index contributed by atoms with van der Waals surface area (Å²) in [5.74, 6) is -1.24. The van der Waals surface area contributed by atoms with Gasteiger partial charge in [-0.15, -0.1) is 0 Å². The maximum absolute atomic E-state index is 13.5. The highest BCUT2D eigenvalue weighted by Crippen LogP contribution is 2.12. The number of carbonyl (C=O) groups is 2. The molecule has 25 heavy (non-hydrogen) atoms. The molecule has 1 saturated heterocycles. The van der Waals surface area contributed by atoms with Crippen LogP contribution >= 0.6 is 0 Å². The van der Waals surface area contributed by atoms with Crippen LogP contribution in [-0.2, 0) is 11.2 Å². The number of urea groups is 1. The predicted octanol–water partition coefficient (Wildman–Crippen LogP) is 2.43. The summed E-state index contributed by atoms with van der Waals surface area (Å²) in [6.07, 6.45) is 1.25. The molecule has 0 aromatic heterocycles. The van der Waals surface area contributed by atoms with Crippen LogP contribution in [0.25, 0.3) is 0 Å². The Kier molecular flexibility index (Phi) is 6.97. The van der Waals surface area contributed by atoms with Gasteiger partial charge in [-0.25, -0.2) is 18.4 Å². The number of nitrogens with zero attached hydrogens (tertiary/aromatic N) is 1.